The van der Waals surface area contributed by atoms with Gasteiger partial charge in [0.15, 0.2) is 0 Å². The van der Waals surface area contributed by atoms with Crippen LogP contribution in [-0.2, 0) is 4.74 Å². The number of nitrogens with zero attached hydrogens (tertiary/aromatic N) is 1. The zero-order chi connectivity index (χ0) is 13.7. The minimum Gasteiger partial charge on any atom is -0.381 e. The van der Waals surface area contributed by atoms with Crippen LogP contribution < -0.4 is 5.32 Å². The number of hydrogen-bond donors (Lipinski definition) is 1. The lowest BCUT2D eigenvalue weighted by molar-refractivity contribution is 0.0812. The van der Waals surface area contributed by atoms with Gasteiger partial charge in [-0.3, -0.25) is 0 Å². The molecule has 112 valence electrons. The fraction of sp³-hybridized carbons (Fsp3) is 1.00. The minimum atomic E-state index is 0.609. The summed E-state index contributed by atoms with van der Waals surface area (Å²) in [7, 11) is 2.11. The van der Waals surface area contributed by atoms with Crippen LogP contribution in [0.4, 0.5) is 0 Å². The van der Waals surface area contributed by atoms with Gasteiger partial charge >= 0.3 is 0 Å². The summed E-state index contributed by atoms with van der Waals surface area (Å²) < 4.78 is 5.54. The molecule has 2 fully saturated rings. The minimum absolute atomic E-state index is 0.609. The van der Waals surface area contributed by atoms with E-state index in [-0.39, 0.29) is 0 Å². The van der Waals surface area contributed by atoms with Crippen LogP contribution in [0.3, 0.4) is 0 Å². The van der Waals surface area contributed by atoms with Gasteiger partial charge < -0.3 is 15.0 Å². The maximum absolute atomic E-state index is 5.54. The van der Waals surface area contributed by atoms with Crippen molar-refractivity contribution in [3.63, 3.8) is 0 Å². The molecule has 3 nitrogen and oxygen atoms in total. The zero-order valence-corrected chi connectivity index (χ0v) is 13.1. The van der Waals surface area contributed by atoms with Crippen LogP contribution in [0.15, 0.2) is 0 Å². The Bertz CT molecular complexity index is 249. The second-order valence-corrected chi connectivity index (χ2v) is 6.53. The molecule has 0 spiro atoms. The molecule has 19 heavy (non-hydrogen) atoms. The van der Waals surface area contributed by atoms with Crippen molar-refractivity contribution < 1.29 is 4.74 Å². The summed E-state index contributed by atoms with van der Waals surface area (Å²) in [5.41, 5.74) is 0.641. The van der Waals surface area contributed by atoms with Crippen LogP contribution in [0.2, 0.25) is 0 Å². The summed E-state index contributed by atoms with van der Waals surface area (Å²) >= 11 is 0. The van der Waals surface area contributed by atoms with Crippen LogP contribution in [-0.4, -0.2) is 50.8 Å². The Morgan fingerprint density at radius 3 is 2.42 bits per heavy atom. The smallest absolute Gasteiger partial charge is 0.0510 e. The lowest BCUT2D eigenvalue weighted by Gasteiger charge is -2.42. The third-order valence-corrected chi connectivity index (χ3v) is 5.78. The molecule has 0 radical (unpaired) electrons. The summed E-state index contributed by atoms with van der Waals surface area (Å²) in [6.07, 6.45) is 6.70. The average molecular weight is 268 g/mol. The van der Waals surface area contributed by atoms with E-state index in [1.807, 2.05) is 0 Å². The molecular weight excluding hydrogens is 236 g/mol. The molecule has 3 heteroatoms. The molecule has 0 saturated carbocycles. The summed E-state index contributed by atoms with van der Waals surface area (Å²) in [6, 6.07) is 0.609. The Balaban J connectivity index is 1.80. The van der Waals surface area contributed by atoms with Gasteiger partial charge in [0.1, 0.15) is 0 Å². The molecule has 0 aromatic rings. The van der Waals surface area contributed by atoms with Crippen molar-refractivity contribution in [2.75, 3.05) is 39.9 Å². The maximum Gasteiger partial charge on any atom is 0.0510 e. The Kier molecular flexibility index (Phi) is 5.67. The van der Waals surface area contributed by atoms with Gasteiger partial charge in [0.05, 0.1) is 6.61 Å². The molecule has 2 rings (SSSR count). The third-order valence-electron chi connectivity index (χ3n) is 5.78. The molecule has 0 aliphatic carbocycles. The van der Waals surface area contributed by atoms with Crippen LogP contribution in [0.5, 0.6) is 0 Å². The lowest BCUT2D eigenvalue weighted by Crippen LogP contribution is -2.48. The topological polar surface area (TPSA) is 24.5 Å². The molecule has 2 atom stereocenters. The Labute approximate surface area is 119 Å². The van der Waals surface area contributed by atoms with E-state index in [1.165, 1.54) is 51.7 Å². The third kappa shape index (κ3) is 3.71. The largest absolute Gasteiger partial charge is 0.381 e. The summed E-state index contributed by atoms with van der Waals surface area (Å²) in [4.78, 5) is 2.67. The molecule has 0 bridgehead atoms. The van der Waals surface area contributed by atoms with Gasteiger partial charge in [-0.15, -0.1) is 0 Å². The summed E-state index contributed by atoms with van der Waals surface area (Å²) in [5, 5.41) is 3.52. The van der Waals surface area contributed by atoms with E-state index in [0.717, 1.165) is 13.2 Å². The number of likely N-dealkylation sites (N-methyl/N-ethyl adjacent to an activating group) is 1. The number of likely N-dealkylation sites (tertiary alicyclic amines) is 1. The molecular formula is C16H32N2O. The zero-order valence-electron chi connectivity index (χ0n) is 13.1. The van der Waals surface area contributed by atoms with E-state index in [9.17, 15) is 0 Å². The first-order valence-corrected chi connectivity index (χ1v) is 8.20. The maximum atomic E-state index is 5.54. The standard InChI is InChI=1S/C16H32N2O/c1-4-16(5-2)7-9-18(10-8-16)12-15(17-3)14-6-11-19-13-14/h14-15,17H,4-13H2,1-3H3. The predicted molar refractivity (Wildman–Crippen MR) is 80.5 cm³/mol. The number of ether oxygens (including phenoxy) is 1. The van der Waals surface area contributed by atoms with E-state index in [4.69, 9.17) is 4.74 Å². The van der Waals surface area contributed by atoms with Gasteiger partial charge in [-0.05, 0) is 44.8 Å². The molecule has 2 aliphatic rings. The fourth-order valence-corrected chi connectivity index (χ4v) is 3.79. The quantitative estimate of drug-likeness (QED) is 0.801. The van der Waals surface area contributed by atoms with Crippen molar-refractivity contribution >= 4 is 0 Å². The normalized spacial score (nSPS) is 29.5. The fourth-order valence-electron chi connectivity index (χ4n) is 3.79. The van der Waals surface area contributed by atoms with E-state index >= 15 is 0 Å². The first-order valence-electron chi connectivity index (χ1n) is 8.20. The lowest BCUT2D eigenvalue weighted by atomic mass is 9.74. The molecule has 0 amide bonds. The highest BCUT2D eigenvalue weighted by atomic mass is 16.5. The van der Waals surface area contributed by atoms with Gasteiger partial charge in [-0.2, -0.15) is 0 Å². The van der Waals surface area contributed by atoms with E-state index < -0.39 is 0 Å². The van der Waals surface area contributed by atoms with E-state index in [2.05, 4.69) is 31.1 Å². The second-order valence-electron chi connectivity index (χ2n) is 6.53. The van der Waals surface area contributed by atoms with Gasteiger partial charge in [-0.25, -0.2) is 0 Å². The monoisotopic (exact) mass is 268 g/mol. The Morgan fingerprint density at radius 2 is 1.95 bits per heavy atom. The summed E-state index contributed by atoms with van der Waals surface area (Å²) in [5.74, 6) is 0.717. The molecule has 1 N–H and O–H groups in total. The van der Waals surface area contributed by atoms with Crippen LogP contribution in [0, 0.1) is 11.3 Å². The van der Waals surface area contributed by atoms with Gasteiger partial charge in [0, 0.05) is 25.1 Å². The van der Waals surface area contributed by atoms with Crippen molar-refractivity contribution in [1.82, 2.24) is 10.2 Å². The highest BCUT2D eigenvalue weighted by molar-refractivity contribution is 4.87. The molecule has 2 aliphatic heterocycles. The van der Waals surface area contributed by atoms with Crippen LogP contribution in [0.25, 0.3) is 0 Å². The Morgan fingerprint density at radius 1 is 1.26 bits per heavy atom. The Hall–Kier alpha value is -0.120. The molecule has 0 aromatic heterocycles. The van der Waals surface area contributed by atoms with Crippen molar-refractivity contribution in [1.29, 1.82) is 0 Å². The highest BCUT2D eigenvalue weighted by Crippen LogP contribution is 2.38. The first kappa shape index (κ1) is 15.3. The van der Waals surface area contributed by atoms with E-state index in [1.54, 1.807) is 0 Å². The van der Waals surface area contributed by atoms with Crippen LogP contribution >= 0.6 is 0 Å². The SMILES string of the molecule is CCC1(CC)CCN(CC(NC)C2CCOC2)CC1. The number of rotatable bonds is 6. The molecule has 2 saturated heterocycles. The summed E-state index contributed by atoms with van der Waals surface area (Å²) in [6.45, 7) is 10.4. The predicted octanol–water partition coefficient (Wildman–Crippen LogP) is 2.51. The molecule has 0 aromatic carbocycles. The average Bonchev–Trinajstić information content (AvgIpc) is 2.99. The number of hydrogen-bond acceptors (Lipinski definition) is 3. The van der Waals surface area contributed by atoms with Gasteiger partial charge in [0.25, 0.3) is 0 Å². The van der Waals surface area contributed by atoms with Crippen LogP contribution in [0.1, 0.15) is 46.0 Å². The van der Waals surface area contributed by atoms with Crippen molar-refractivity contribution in [2.24, 2.45) is 11.3 Å². The van der Waals surface area contributed by atoms with Crippen molar-refractivity contribution in [3.05, 3.63) is 0 Å². The second kappa shape index (κ2) is 7.05. The first-order chi connectivity index (χ1) is 9.23. The van der Waals surface area contributed by atoms with E-state index in [0.29, 0.717) is 17.4 Å². The van der Waals surface area contributed by atoms with Crippen molar-refractivity contribution in [3.8, 4) is 0 Å². The number of piperidine rings is 1. The number of nitrogens with one attached hydrogen (secondary N) is 1. The molecule has 2 unspecified atom stereocenters. The van der Waals surface area contributed by atoms with Gasteiger partial charge in [-0.1, -0.05) is 26.7 Å². The van der Waals surface area contributed by atoms with Gasteiger partial charge in [0.2, 0.25) is 0 Å². The molecule has 2 heterocycles. The highest BCUT2D eigenvalue weighted by Gasteiger charge is 2.33. The van der Waals surface area contributed by atoms with Crippen molar-refractivity contribution in [2.45, 2.75) is 52.0 Å².